The van der Waals surface area contributed by atoms with E-state index in [2.05, 4.69) is 26.6 Å². The molecule has 0 heterocycles. The summed E-state index contributed by atoms with van der Waals surface area (Å²) in [4.78, 5) is 23.2. The molecule has 6 nitrogen and oxygen atoms in total. The van der Waals surface area contributed by atoms with Gasteiger partial charge in [0, 0.05) is 23.8 Å². The van der Waals surface area contributed by atoms with E-state index in [4.69, 9.17) is 10.5 Å². The van der Waals surface area contributed by atoms with E-state index in [0.717, 1.165) is 4.47 Å². The van der Waals surface area contributed by atoms with Gasteiger partial charge in [-0.1, -0.05) is 15.9 Å². The lowest BCUT2D eigenvalue weighted by Gasteiger charge is -2.08. The number of hydrogen-bond donors (Lipinski definition) is 3. The van der Waals surface area contributed by atoms with E-state index in [1.54, 1.807) is 25.3 Å². The highest BCUT2D eigenvalue weighted by Crippen LogP contribution is 2.18. The van der Waals surface area contributed by atoms with E-state index in [1.807, 2.05) is 0 Å². The van der Waals surface area contributed by atoms with Gasteiger partial charge in [-0.15, -0.1) is 0 Å². The van der Waals surface area contributed by atoms with Crippen molar-refractivity contribution in [3.63, 3.8) is 0 Å². The van der Waals surface area contributed by atoms with Crippen LogP contribution in [0.15, 0.2) is 22.7 Å². The number of nitrogen functional groups attached to an aromatic ring is 1. The van der Waals surface area contributed by atoms with Crippen molar-refractivity contribution < 1.29 is 14.3 Å². The molecule has 0 aliphatic carbocycles. The number of benzene rings is 1. The Labute approximate surface area is 119 Å². The molecule has 0 atom stereocenters. The smallest absolute Gasteiger partial charge is 0.253 e. The topological polar surface area (TPSA) is 93.5 Å². The Bertz CT molecular complexity index is 466. The van der Waals surface area contributed by atoms with Crippen molar-refractivity contribution in [2.75, 3.05) is 32.5 Å². The fourth-order valence-corrected chi connectivity index (χ4v) is 1.70. The first-order chi connectivity index (χ1) is 9.04. The van der Waals surface area contributed by atoms with Gasteiger partial charge in [-0.3, -0.25) is 9.59 Å². The van der Waals surface area contributed by atoms with E-state index in [9.17, 15) is 9.59 Å². The second kappa shape index (κ2) is 7.75. The number of hydrogen-bond acceptors (Lipinski definition) is 4. The van der Waals surface area contributed by atoms with E-state index in [0.29, 0.717) is 24.4 Å². The third-order valence-corrected chi connectivity index (χ3v) is 2.79. The molecule has 104 valence electrons. The van der Waals surface area contributed by atoms with Crippen molar-refractivity contribution >= 4 is 33.4 Å². The molecule has 1 rings (SSSR count). The van der Waals surface area contributed by atoms with Gasteiger partial charge in [0.1, 0.15) is 0 Å². The van der Waals surface area contributed by atoms with Crippen LogP contribution in [0.5, 0.6) is 0 Å². The molecule has 2 amide bonds. The highest BCUT2D eigenvalue weighted by Gasteiger charge is 2.11. The van der Waals surface area contributed by atoms with Crippen LogP contribution in [0.1, 0.15) is 10.4 Å². The maximum absolute atomic E-state index is 11.8. The number of rotatable bonds is 6. The first kappa shape index (κ1) is 15.5. The Morgan fingerprint density at radius 3 is 2.79 bits per heavy atom. The van der Waals surface area contributed by atoms with Gasteiger partial charge in [-0.25, -0.2) is 0 Å². The lowest BCUT2D eigenvalue weighted by atomic mass is 10.1. The lowest BCUT2D eigenvalue weighted by Crippen LogP contribution is -2.38. The van der Waals surface area contributed by atoms with Crippen LogP contribution >= 0.6 is 15.9 Å². The van der Waals surface area contributed by atoms with Crippen molar-refractivity contribution in [2.45, 2.75) is 0 Å². The zero-order chi connectivity index (χ0) is 14.3. The predicted octanol–water partition coefficient (Wildman–Crippen LogP) is 0.524. The standard InChI is InChI=1S/C12H16BrN3O3/c1-19-5-4-15-11(17)7-16-12(18)9-6-8(13)2-3-10(9)14/h2-3,6H,4-5,7,14H2,1H3,(H,15,17)(H,16,18). The van der Waals surface area contributed by atoms with Gasteiger partial charge in [-0.2, -0.15) is 0 Å². The highest BCUT2D eigenvalue weighted by atomic mass is 79.9. The normalized spacial score (nSPS) is 10.0. The number of nitrogens with one attached hydrogen (secondary N) is 2. The number of anilines is 1. The van der Waals surface area contributed by atoms with Crippen LogP contribution in [0.25, 0.3) is 0 Å². The second-order valence-electron chi connectivity index (χ2n) is 3.76. The molecule has 0 spiro atoms. The van der Waals surface area contributed by atoms with Crippen molar-refractivity contribution in [1.29, 1.82) is 0 Å². The highest BCUT2D eigenvalue weighted by molar-refractivity contribution is 9.10. The monoisotopic (exact) mass is 329 g/mol. The Morgan fingerprint density at radius 1 is 1.37 bits per heavy atom. The van der Waals surface area contributed by atoms with E-state index >= 15 is 0 Å². The molecule has 1 aromatic rings. The van der Waals surface area contributed by atoms with Crippen LogP contribution in [-0.4, -0.2) is 38.6 Å². The van der Waals surface area contributed by atoms with Gasteiger partial charge in [-0.05, 0) is 18.2 Å². The fourth-order valence-electron chi connectivity index (χ4n) is 1.34. The minimum absolute atomic E-state index is 0.103. The van der Waals surface area contributed by atoms with Crippen LogP contribution in [0.4, 0.5) is 5.69 Å². The number of methoxy groups -OCH3 is 1. The first-order valence-electron chi connectivity index (χ1n) is 5.63. The quantitative estimate of drug-likeness (QED) is 0.524. The number of carbonyl (C=O) groups is 2. The maximum Gasteiger partial charge on any atom is 0.253 e. The van der Waals surface area contributed by atoms with Gasteiger partial charge < -0.3 is 21.1 Å². The summed E-state index contributed by atoms with van der Waals surface area (Å²) in [6.07, 6.45) is 0. The largest absolute Gasteiger partial charge is 0.398 e. The average Bonchev–Trinajstić information content (AvgIpc) is 2.39. The first-order valence-corrected chi connectivity index (χ1v) is 6.42. The van der Waals surface area contributed by atoms with Crippen molar-refractivity contribution in [1.82, 2.24) is 10.6 Å². The minimum atomic E-state index is -0.388. The molecular formula is C12H16BrN3O3. The van der Waals surface area contributed by atoms with Gasteiger partial charge >= 0.3 is 0 Å². The van der Waals surface area contributed by atoms with Crippen LogP contribution < -0.4 is 16.4 Å². The number of halogens is 1. The van der Waals surface area contributed by atoms with E-state index in [1.165, 1.54) is 0 Å². The zero-order valence-corrected chi connectivity index (χ0v) is 12.1. The molecule has 0 aliphatic heterocycles. The van der Waals surface area contributed by atoms with Gasteiger partial charge in [0.25, 0.3) is 5.91 Å². The summed E-state index contributed by atoms with van der Waals surface area (Å²) in [6.45, 7) is 0.733. The Hall–Kier alpha value is -1.60. The van der Waals surface area contributed by atoms with Crippen LogP contribution in [0.2, 0.25) is 0 Å². The molecule has 1 aromatic carbocycles. The molecule has 0 radical (unpaired) electrons. The second-order valence-corrected chi connectivity index (χ2v) is 4.67. The molecule has 0 unspecified atom stereocenters. The molecule has 7 heteroatoms. The SMILES string of the molecule is COCCNC(=O)CNC(=O)c1cc(Br)ccc1N. The molecule has 0 bridgehead atoms. The molecule has 0 aromatic heterocycles. The van der Waals surface area contributed by atoms with Gasteiger partial charge in [0.05, 0.1) is 18.7 Å². The molecule has 0 saturated carbocycles. The average molecular weight is 330 g/mol. The molecule has 0 saturated heterocycles. The summed E-state index contributed by atoms with van der Waals surface area (Å²) in [5, 5.41) is 5.10. The Balaban J connectivity index is 2.47. The third kappa shape index (κ3) is 5.27. The number of carbonyl (C=O) groups excluding carboxylic acids is 2. The Morgan fingerprint density at radius 2 is 2.11 bits per heavy atom. The number of ether oxygens (including phenoxy) is 1. The van der Waals surface area contributed by atoms with Gasteiger partial charge in [0.15, 0.2) is 0 Å². The molecule has 0 aliphatic rings. The lowest BCUT2D eigenvalue weighted by molar-refractivity contribution is -0.120. The summed E-state index contributed by atoms with van der Waals surface area (Å²) in [6, 6.07) is 4.97. The maximum atomic E-state index is 11.8. The number of nitrogens with two attached hydrogens (primary N) is 1. The molecule has 4 N–H and O–H groups in total. The summed E-state index contributed by atoms with van der Waals surface area (Å²) in [5.41, 5.74) is 6.39. The van der Waals surface area contributed by atoms with Crippen LogP contribution in [0.3, 0.4) is 0 Å². The van der Waals surface area contributed by atoms with E-state index < -0.39 is 0 Å². The summed E-state index contributed by atoms with van der Waals surface area (Å²) >= 11 is 3.26. The van der Waals surface area contributed by atoms with Crippen molar-refractivity contribution in [2.24, 2.45) is 0 Å². The summed E-state index contributed by atoms with van der Waals surface area (Å²) in [7, 11) is 1.55. The zero-order valence-electron chi connectivity index (χ0n) is 10.5. The Kier molecular flexibility index (Phi) is 6.31. The van der Waals surface area contributed by atoms with Crippen molar-refractivity contribution in [3.05, 3.63) is 28.2 Å². The molecule has 19 heavy (non-hydrogen) atoms. The minimum Gasteiger partial charge on any atom is -0.398 e. The molecule has 0 fully saturated rings. The summed E-state index contributed by atoms with van der Waals surface area (Å²) in [5.74, 6) is -0.667. The fraction of sp³-hybridized carbons (Fsp3) is 0.333. The predicted molar refractivity (Wildman–Crippen MR) is 75.8 cm³/mol. The van der Waals surface area contributed by atoms with E-state index in [-0.39, 0.29) is 18.4 Å². The van der Waals surface area contributed by atoms with Gasteiger partial charge in [0.2, 0.25) is 5.91 Å². The number of amides is 2. The third-order valence-electron chi connectivity index (χ3n) is 2.30. The van der Waals surface area contributed by atoms with Crippen LogP contribution in [0, 0.1) is 0 Å². The van der Waals surface area contributed by atoms with Crippen LogP contribution in [-0.2, 0) is 9.53 Å². The van der Waals surface area contributed by atoms with Crippen molar-refractivity contribution in [3.8, 4) is 0 Å². The summed E-state index contributed by atoms with van der Waals surface area (Å²) < 4.78 is 5.54. The molecular weight excluding hydrogens is 314 g/mol.